The second kappa shape index (κ2) is 10.7. The molecular weight excluding hydrogens is 607 g/mol. The van der Waals surface area contributed by atoms with Gasteiger partial charge in [-0.15, -0.1) is 0 Å². The van der Waals surface area contributed by atoms with Gasteiger partial charge in [0.1, 0.15) is 5.58 Å². The third-order valence-corrected chi connectivity index (χ3v) is 10.1. The Labute approximate surface area is 298 Å². The molecule has 1 aromatic heterocycles. The summed E-state index contributed by atoms with van der Waals surface area (Å²) in [5.74, 6) is 0. The Kier molecular flexibility index (Phi) is 5.15. The zero-order valence-electron chi connectivity index (χ0n) is 33.0. The minimum atomic E-state index is -0.386. The van der Waals surface area contributed by atoms with Gasteiger partial charge >= 0.3 is 0 Å². The number of hydrogen-bond donors (Lipinski definition) is 0. The van der Waals surface area contributed by atoms with Crippen LogP contribution in [-0.4, -0.2) is 0 Å². The number of benzene rings is 8. The van der Waals surface area contributed by atoms with E-state index >= 15 is 0 Å². The molecule has 1 aliphatic carbocycles. The summed E-state index contributed by atoms with van der Waals surface area (Å²) >= 11 is 0. The molecule has 238 valence electrons. The fourth-order valence-electron chi connectivity index (χ4n) is 7.68. The Hall–Kier alpha value is -6.12. The molecule has 0 N–H and O–H groups in total. The molecule has 0 amide bonds. The lowest BCUT2D eigenvalue weighted by molar-refractivity contribution is 0.573. The molecule has 0 radical (unpaired) electrons. The minimum absolute atomic E-state index is 0.0748. The van der Waals surface area contributed by atoms with E-state index in [2.05, 4.69) is 129 Å². The van der Waals surface area contributed by atoms with Gasteiger partial charge in [0, 0.05) is 27.7 Å². The average Bonchev–Trinajstić information content (AvgIpc) is 3.58. The molecule has 0 atom stereocenters. The third kappa shape index (κ3) is 4.42. The van der Waals surface area contributed by atoms with E-state index in [9.17, 15) is 0 Å². The molecule has 0 bridgehead atoms. The highest BCUT2D eigenvalue weighted by atomic mass is 16.3. The second-order valence-electron chi connectivity index (χ2n) is 14.2. The number of nitrogens with zero attached hydrogens (tertiary/aromatic N) is 1. The van der Waals surface area contributed by atoms with E-state index < -0.39 is 0 Å². The molecule has 0 saturated heterocycles. The summed E-state index contributed by atoms with van der Waals surface area (Å²) in [5, 5.41) is 6.45. The molecule has 10 rings (SSSR count). The smallest absolute Gasteiger partial charge is 0.159 e. The normalized spacial score (nSPS) is 13.7. The predicted octanol–water partition coefficient (Wildman–Crippen LogP) is 14.0. The Morgan fingerprint density at radius 2 is 1.12 bits per heavy atom. The summed E-state index contributed by atoms with van der Waals surface area (Å²) in [6.45, 7) is 6.67. The van der Waals surface area contributed by atoms with Crippen LogP contribution in [0.15, 0.2) is 162 Å². The summed E-state index contributed by atoms with van der Waals surface area (Å²) in [4.78, 5) is 2.29. The van der Waals surface area contributed by atoms with Gasteiger partial charge in [0.05, 0.1) is 12.5 Å². The molecule has 2 heteroatoms. The van der Waals surface area contributed by atoms with Crippen molar-refractivity contribution in [3.8, 4) is 33.4 Å². The Bertz CT molecular complexity index is 3060. The summed E-state index contributed by atoms with van der Waals surface area (Å²) in [6, 6.07) is 43.1. The van der Waals surface area contributed by atoms with Crippen LogP contribution in [-0.2, 0) is 5.41 Å². The largest absolute Gasteiger partial charge is 0.454 e. The van der Waals surface area contributed by atoms with Crippen LogP contribution in [0, 0.1) is 0 Å². The lowest BCUT2D eigenvalue weighted by atomic mass is 9.77. The minimum Gasteiger partial charge on any atom is -0.454 e. The van der Waals surface area contributed by atoms with E-state index in [1.165, 1.54) is 22.3 Å². The van der Waals surface area contributed by atoms with Gasteiger partial charge in [0.2, 0.25) is 0 Å². The molecule has 0 saturated carbocycles. The summed E-state index contributed by atoms with van der Waals surface area (Å²) in [7, 11) is 0. The lowest BCUT2D eigenvalue weighted by Crippen LogP contribution is -2.11. The van der Waals surface area contributed by atoms with Crippen molar-refractivity contribution >= 4 is 60.5 Å². The number of furan rings is 1. The molecule has 0 unspecified atom stereocenters. The first kappa shape index (κ1) is 24.1. The van der Waals surface area contributed by atoms with Crippen LogP contribution < -0.4 is 4.90 Å². The second-order valence-corrected chi connectivity index (χ2v) is 14.2. The monoisotopic (exact) mass is 646 g/mol. The van der Waals surface area contributed by atoms with Crippen molar-refractivity contribution in [3.63, 3.8) is 0 Å². The van der Waals surface area contributed by atoms with Crippen molar-refractivity contribution in [2.24, 2.45) is 0 Å². The Balaban J connectivity index is 1.08. The van der Waals surface area contributed by atoms with Crippen molar-refractivity contribution in [2.75, 3.05) is 4.90 Å². The maximum absolute atomic E-state index is 8.49. The van der Waals surface area contributed by atoms with Crippen molar-refractivity contribution < 1.29 is 11.3 Å². The van der Waals surface area contributed by atoms with Crippen LogP contribution in [0.5, 0.6) is 0 Å². The topological polar surface area (TPSA) is 16.4 Å². The van der Waals surface area contributed by atoms with Gasteiger partial charge in [-0.05, 0) is 121 Å². The van der Waals surface area contributed by atoms with E-state index in [1.807, 2.05) is 24.3 Å². The van der Waals surface area contributed by atoms with Gasteiger partial charge in [-0.3, -0.25) is 0 Å². The van der Waals surface area contributed by atoms with Crippen molar-refractivity contribution in [1.82, 2.24) is 0 Å². The van der Waals surface area contributed by atoms with Gasteiger partial charge in [-0.25, -0.2) is 0 Å². The van der Waals surface area contributed by atoms with Crippen LogP contribution in [0.3, 0.4) is 0 Å². The SMILES string of the molecule is [2H]c1c([2H])c([2H])c(-c2ccc3cc4c(cc3c2)-c2cc3ccc(N(c5ccccc5)c5cccc6c5oc5c(C(C)(C)C)cccc56)cc3cc2-4)c([2H])c1[2H]. The Morgan fingerprint density at radius 3 is 1.82 bits per heavy atom. The van der Waals surface area contributed by atoms with Crippen molar-refractivity contribution in [3.05, 3.63) is 163 Å². The zero-order chi connectivity index (χ0) is 37.9. The molecule has 1 heterocycles. The van der Waals surface area contributed by atoms with E-state index in [1.54, 1.807) is 0 Å². The highest BCUT2D eigenvalue weighted by molar-refractivity contribution is 6.14. The zero-order valence-corrected chi connectivity index (χ0v) is 28.0. The highest BCUT2D eigenvalue weighted by Crippen LogP contribution is 2.51. The van der Waals surface area contributed by atoms with E-state index in [0.717, 1.165) is 66.1 Å². The number of anilines is 3. The summed E-state index contributed by atoms with van der Waals surface area (Å²) < 4.78 is 48.1. The van der Waals surface area contributed by atoms with Gasteiger partial charge in [0.25, 0.3) is 0 Å². The maximum atomic E-state index is 8.49. The maximum Gasteiger partial charge on any atom is 0.159 e. The quantitative estimate of drug-likeness (QED) is 0.189. The van der Waals surface area contributed by atoms with Crippen LogP contribution in [0.4, 0.5) is 17.1 Å². The first-order valence-corrected chi connectivity index (χ1v) is 17.0. The molecule has 2 nitrogen and oxygen atoms in total. The van der Waals surface area contributed by atoms with Crippen molar-refractivity contribution in [2.45, 2.75) is 26.2 Å². The highest BCUT2D eigenvalue weighted by Gasteiger charge is 2.26. The fraction of sp³-hybridized carbons (Fsp3) is 0.0833. The van der Waals surface area contributed by atoms with Gasteiger partial charge in [-0.2, -0.15) is 0 Å². The number of para-hydroxylation sites is 3. The van der Waals surface area contributed by atoms with E-state index in [4.69, 9.17) is 11.3 Å². The van der Waals surface area contributed by atoms with Crippen LogP contribution in [0.25, 0.3) is 76.9 Å². The van der Waals surface area contributed by atoms with Crippen LogP contribution in [0.1, 0.15) is 33.2 Å². The number of fused-ring (bicyclic) bond motifs is 9. The van der Waals surface area contributed by atoms with Gasteiger partial charge in [-0.1, -0.05) is 118 Å². The molecule has 0 fully saturated rings. The molecule has 50 heavy (non-hydrogen) atoms. The first-order valence-electron chi connectivity index (χ1n) is 19.5. The van der Waals surface area contributed by atoms with Crippen molar-refractivity contribution in [1.29, 1.82) is 0 Å². The number of hydrogen-bond acceptors (Lipinski definition) is 2. The molecule has 1 aliphatic rings. The summed E-state index contributed by atoms with van der Waals surface area (Å²) in [6.07, 6.45) is 0. The van der Waals surface area contributed by atoms with Crippen LogP contribution >= 0.6 is 0 Å². The lowest BCUT2D eigenvalue weighted by Gasteiger charge is -2.28. The predicted molar refractivity (Wildman–Crippen MR) is 212 cm³/mol. The van der Waals surface area contributed by atoms with Gasteiger partial charge in [0.15, 0.2) is 5.58 Å². The summed E-state index contributed by atoms with van der Waals surface area (Å²) in [5.41, 5.74) is 11.4. The first-order chi connectivity index (χ1) is 26.5. The fourth-order valence-corrected chi connectivity index (χ4v) is 7.68. The van der Waals surface area contributed by atoms with Gasteiger partial charge < -0.3 is 9.32 Å². The van der Waals surface area contributed by atoms with E-state index in [0.29, 0.717) is 5.56 Å². The number of rotatable bonds is 4. The molecule has 0 spiro atoms. The van der Waals surface area contributed by atoms with Crippen LogP contribution in [0.2, 0.25) is 0 Å². The van der Waals surface area contributed by atoms with E-state index in [-0.39, 0.29) is 41.2 Å². The third-order valence-electron chi connectivity index (χ3n) is 10.1. The molecule has 8 aromatic carbocycles. The standard InChI is InChI=1S/C48H35NO/c1-48(2,3)44-18-10-16-38-39-17-11-19-45(47(39)50-46(38)44)49(36-14-8-5-9-15-36)37-23-22-33-27-41-42-28-34-24-31(30-12-6-4-7-13-30)20-21-32(34)26-40(42)43(41)29-35(33)25-37/h4-29H,1-3H3/i4D,6D,7D,12D,13D. The molecule has 0 aliphatic heterocycles. The Morgan fingerprint density at radius 1 is 0.500 bits per heavy atom. The molecule has 9 aromatic rings. The average molecular weight is 647 g/mol. The molecular formula is C48H35NO.